The van der Waals surface area contributed by atoms with E-state index < -0.39 is 0 Å². The number of aromatic nitrogens is 2. The summed E-state index contributed by atoms with van der Waals surface area (Å²) in [6, 6.07) is 1.80. The monoisotopic (exact) mass is 238 g/mol. The minimum Gasteiger partial charge on any atom is -0.389 e. The van der Waals surface area contributed by atoms with Crippen molar-refractivity contribution in [2.45, 2.75) is 6.42 Å². The standard InChI is InChI=1S/C10H14N4OS/c11-9(16)8-2-3-12-13-10(8)14-4-1-6-15-7-5-14/h2-3H,1,4-7H2,(H2,11,16). The summed E-state index contributed by atoms with van der Waals surface area (Å²) in [5, 5.41) is 8.00. The highest BCUT2D eigenvalue weighted by Gasteiger charge is 2.16. The number of anilines is 1. The summed E-state index contributed by atoms with van der Waals surface area (Å²) in [6.07, 6.45) is 2.58. The second-order valence-electron chi connectivity index (χ2n) is 3.59. The molecule has 1 aromatic heterocycles. The second kappa shape index (κ2) is 5.18. The van der Waals surface area contributed by atoms with Crippen molar-refractivity contribution < 1.29 is 4.74 Å². The Morgan fingerprint density at radius 1 is 1.44 bits per heavy atom. The summed E-state index contributed by atoms with van der Waals surface area (Å²) in [6.45, 7) is 3.19. The zero-order valence-electron chi connectivity index (χ0n) is 8.93. The van der Waals surface area contributed by atoms with E-state index >= 15 is 0 Å². The third kappa shape index (κ3) is 2.45. The van der Waals surface area contributed by atoms with Crippen LogP contribution in [-0.4, -0.2) is 41.5 Å². The predicted molar refractivity (Wildman–Crippen MR) is 65.6 cm³/mol. The third-order valence-electron chi connectivity index (χ3n) is 2.49. The van der Waals surface area contributed by atoms with Crippen LogP contribution < -0.4 is 10.6 Å². The maximum absolute atomic E-state index is 5.67. The van der Waals surface area contributed by atoms with Crippen molar-refractivity contribution in [3.8, 4) is 0 Å². The first kappa shape index (κ1) is 11.2. The van der Waals surface area contributed by atoms with Gasteiger partial charge >= 0.3 is 0 Å². The van der Waals surface area contributed by atoms with Crippen molar-refractivity contribution in [2.75, 3.05) is 31.2 Å². The Labute approximate surface area is 99.6 Å². The molecule has 0 radical (unpaired) electrons. The zero-order valence-corrected chi connectivity index (χ0v) is 9.74. The van der Waals surface area contributed by atoms with Crippen LogP contribution in [0.1, 0.15) is 12.0 Å². The number of nitrogens with two attached hydrogens (primary N) is 1. The lowest BCUT2D eigenvalue weighted by molar-refractivity contribution is 0.152. The molecule has 0 saturated carbocycles. The SMILES string of the molecule is NC(=S)c1ccnnc1N1CCCOCC1. The molecule has 6 heteroatoms. The van der Waals surface area contributed by atoms with E-state index in [1.807, 2.05) is 0 Å². The van der Waals surface area contributed by atoms with E-state index in [9.17, 15) is 0 Å². The summed E-state index contributed by atoms with van der Waals surface area (Å²) in [4.78, 5) is 2.48. The smallest absolute Gasteiger partial charge is 0.161 e. The fraction of sp³-hybridized carbons (Fsp3) is 0.500. The van der Waals surface area contributed by atoms with Gasteiger partial charge in [0.2, 0.25) is 0 Å². The van der Waals surface area contributed by atoms with Gasteiger partial charge < -0.3 is 15.4 Å². The molecule has 2 rings (SSSR count). The lowest BCUT2D eigenvalue weighted by Gasteiger charge is -2.22. The molecule has 1 aliphatic heterocycles. The first-order chi connectivity index (χ1) is 7.79. The molecule has 5 nitrogen and oxygen atoms in total. The molecule has 0 aromatic carbocycles. The van der Waals surface area contributed by atoms with Gasteiger partial charge in [0.15, 0.2) is 5.82 Å². The molecular formula is C10H14N4OS. The van der Waals surface area contributed by atoms with Crippen molar-refractivity contribution in [3.63, 3.8) is 0 Å². The van der Waals surface area contributed by atoms with Gasteiger partial charge in [-0.05, 0) is 12.5 Å². The molecule has 2 N–H and O–H groups in total. The average Bonchev–Trinajstić information content (AvgIpc) is 2.57. The summed E-state index contributed by atoms with van der Waals surface area (Å²) in [5.74, 6) is 0.764. The molecule has 16 heavy (non-hydrogen) atoms. The number of ether oxygens (including phenoxy) is 1. The number of hydrogen-bond donors (Lipinski definition) is 1. The molecular weight excluding hydrogens is 224 g/mol. The van der Waals surface area contributed by atoms with Crippen LogP contribution in [0.5, 0.6) is 0 Å². The van der Waals surface area contributed by atoms with Crippen LogP contribution in [0.15, 0.2) is 12.3 Å². The van der Waals surface area contributed by atoms with Crippen LogP contribution in [0.3, 0.4) is 0 Å². The van der Waals surface area contributed by atoms with Gasteiger partial charge in [0.1, 0.15) is 4.99 Å². The lowest BCUT2D eigenvalue weighted by atomic mass is 10.2. The van der Waals surface area contributed by atoms with Crippen LogP contribution in [0.4, 0.5) is 5.82 Å². The Morgan fingerprint density at radius 2 is 2.31 bits per heavy atom. The molecule has 2 heterocycles. The molecule has 86 valence electrons. The Balaban J connectivity index is 2.27. The van der Waals surface area contributed by atoms with Crippen LogP contribution in [0.2, 0.25) is 0 Å². The van der Waals surface area contributed by atoms with Gasteiger partial charge in [-0.25, -0.2) is 0 Å². The zero-order chi connectivity index (χ0) is 11.4. The predicted octanol–water partition coefficient (Wildman–Crippen LogP) is 0.337. The van der Waals surface area contributed by atoms with Crippen LogP contribution in [0, 0.1) is 0 Å². The summed E-state index contributed by atoms with van der Waals surface area (Å²) in [5.41, 5.74) is 6.45. The highest BCUT2D eigenvalue weighted by molar-refractivity contribution is 7.80. The van der Waals surface area contributed by atoms with Crippen molar-refractivity contribution >= 4 is 23.0 Å². The van der Waals surface area contributed by atoms with E-state index in [0.717, 1.165) is 37.5 Å². The minimum absolute atomic E-state index is 0.357. The number of rotatable bonds is 2. The molecule has 0 atom stereocenters. The highest BCUT2D eigenvalue weighted by atomic mass is 32.1. The molecule has 1 aliphatic rings. The Hall–Kier alpha value is -1.27. The highest BCUT2D eigenvalue weighted by Crippen LogP contribution is 2.17. The first-order valence-corrected chi connectivity index (χ1v) is 5.64. The molecule has 0 aliphatic carbocycles. The molecule has 0 amide bonds. The normalized spacial score (nSPS) is 16.9. The maximum atomic E-state index is 5.67. The molecule has 0 unspecified atom stereocenters. The summed E-state index contributed by atoms with van der Waals surface area (Å²) in [7, 11) is 0. The van der Waals surface area contributed by atoms with Crippen molar-refractivity contribution in [1.82, 2.24) is 10.2 Å². The maximum Gasteiger partial charge on any atom is 0.161 e. The van der Waals surface area contributed by atoms with Crippen molar-refractivity contribution in [3.05, 3.63) is 17.8 Å². The average molecular weight is 238 g/mol. The summed E-state index contributed by atoms with van der Waals surface area (Å²) < 4.78 is 5.39. The molecule has 1 saturated heterocycles. The van der Waals surface area contributed by atoms with Crippen molar-refractivity contribution in [1.29, 1.82) is 0 Å². The number of thiocarbonyl (C=S) groups is 1. The topological polar surface area (TPSA) is 64.3 Å². The van der Waals surface area contributed by atoms with E-state index in [4.69, 9.17) is 22.7 Å². The van der Waals surface area contributed by atoms with Crippen LogP contribution in [0.25, 0.3) is 0 Å². The van der Waals surface area contributed by atoms with Gasteiger partial charge in [-0.15, -0.1) is 5.10 Å². The molecule has 0 spiro atoms. The van der Waals surface area contributed by atoms with E-state index in [-0.39, 0.29) is 0 Å². The van der Waals surface area contributed by atoms with Gasteiger partial charge in [-0.1, -0.05) is 12.2 Å². The Bertz CT molecular complexity index is 377. The quantitative estimate of drug-likeness (QED) is 0.749. The van der Waals surface area contributed by atoms with E-state index in [0.29, 0.717) is 11.6 Å². The fourth-order valence-corrected chi connectivity index (χ4v) is 1.87. The van der Waals surface area contributed by atoms with Crippen LogP contribution in [-0.2, 0) is 4.74 Å². The largest absolute Gasteiger partial charge is 0.389 e. The number of hydrogen-bond acceptors (Lipinski definition) is 5. The Morgan fingerprint density at radius 3 is 3.12 bits per heavy atom. The van der Waals surface area contributed by atoms with Gasteiger partial charge in [0.05, 0.1) is 18.4 Å². The van der Waals surface area contributed by atoms with Crippen LogP contribution >= 0.6 is 12.2 Å². The van der Waals surface area contributed by atoms with E-state index in [1.165, 1.54) is 0 Å². The van der Waals surface area contributed by atoms with Gasteiger partial charge in [-0.2, -0.15) is 5.10 Å². The molecule has 0 bridgehead atoms. The first-order valence-electron chi connectivity index (χ1n) is 5.23. The summed E-state index contributed by atoms with van der Waals surface area (Å²) >= 11 is 5.00. The van der Waals surface area contributed by atoms with E-state index in [2.05, 4.69) is 15.1 Å². The molecule has 1 aromatic rings. The fourth-order valence-electron chi connectivity index (χ4n) is 1.71. The minimum atomic E-state index is 0.357. The van der Waals surface area contributed by atoms with Gasteiger partial charge in [0, 0.05) is 19.7 Å². The van der Waals surface area contributed by atoms with Gasteiger partial charge in [0.25, 0.3) is 0 Å². The van der Waals surface area contributed by atoms with Gasteiger partial charge in [-0.3, -0.25) is 0 Å². The Kier molecular flexibility index (Phi) is 3.63. The van der Waals surface area contributed by atoms with E-state index in [1.54, 1.807) is 12.3 Å². The lowest BCUT2D eigenvalue weighted by Crippen LogP contribution is -2.29. The van der Waals surface area contributed by atoms with Crippen molar-refractivity contribution in [2.24, 2.45) is 5.73 Å². The third-order valence-corrected chi connectivity index (χ3v) is 2.71. The molecule has 1 fully saturated rings. The second-order valence-corrected chi connectivity index (χ2v) is 4.03. The number of nitrogens with zero attached hydrogens (tertiary/aromatic N) is 3.